The summed E-state index contributed by atoms with van der Waals surface area (Å²) in [5.41, 5.74) is 2.31. The highest BCUT2D eigenvalue weighted by atomic mass is 35.5. The number of carbonyl (C=O) groups is 1. The SMILES string of the molecule is Cc1cc(Cl)cc(C(=O)c2ccccc2Cl)c1N=CN(C)C. The lowest BCUT2D eigenvalue weighted by molar-refractivity contribution is 0.103. The van der Waals surface area contributed by atoms with Gasteiger partial charge in [0.05, 0.1) is 22.6 Å². The van der Waals surface area contributed by atoms with Crippen molar-refractivity contribution < 1.29 is 4.79 Å². The van der Waals surface area contributed by atoms with Gasteiger partial charge in [0.25, 0.3) is 0 Å². The summed E-state index contributed by atoms with van der Waals surface area (Å²) in [5.74, 6) is -0.192. The minimum Gasteiger partial charge on any atom is -0.369 e. The molecule has 0 saturated heterocycles. The monoisotopic (exact) mass is 334 g/mol. The van der Waals surface area contributed by atoms with Gasteiger partial charge in [0, 0.05) is 24.7 Å². The van der Waals surface area contributed by atoms with Crippen LogP contribution in [0, 0.1) is 6.92 Å². The van der Waals surface area contributed by atoms with E-state index in [0.29, 0.717) is 26.9 Å². The van der Waals surface area contributed by atoms with Gasteiger partial charge in [0.1, 0.15) is 0 Å². The van der Waals surface area contributed by atoms with Crippen LogP contribution in [0.3, 0.4) is 0 Å². The van der Waals surface area contributed by atoms with Crippen LogP contribution in [0.25, 0.3) is 0 Å². The zero-order valence-corrected chi connectivity index (χ0v) is 14.1. The molecule has 0 saturated carbocycles. The molecule has 114 valence electrons. The molecule has 0 unspecified atom stereocenters. The van der Waals surface area contributed by atoms with Gasteiger partial charge in [0.15, 0.2) is 5.78 Å². The number of halogens is 2. The van der Waals surface area contributed by atoms with Gasteiger partial charge in [-0.2, -0.15) is 0 Å². The zero-order chi connectivity index (χ0) is 16.3. The van der Waals surface area contributed by atoms with Gasteiger partial charge in [0.2, 0.25) is 0 Å². The van der Waals surface area contributed by atoms with Crippen molar-refractivity contribution in [3.05, 3.63) is 63.1 Å². The summed E-state index contributed by atoms with van der Waals surface area (Å²) >= 11 is 12.2. The van der Waals surface area contributed by atoms with Crippen LogP contribution in [-0.4, -0.2) is 31.1 Å². The van der Waals surface area contributed by atoms with Crippen LogP contribution >= 0.6 is 23.2 Å². The highest BCUT2D eigenvalue weighted by molar-refractivity contribution is 6.35. The van der Waals surface area contributed by atoms with Gasteiger partial charge < -0.3 is 4.90 Å². The number of nitrogens with zero attached hydrogens (tertiary/aromatic N) is 2. The van der Waals surface area contributed by atoms with Crippen molar-refractivity contribution in [2.45, 2.75) is 6.92 Å². The maximum atomic E-state index is 12.8. The van der Waals surface area contributed by atoms with E-state index in [1.807, 2.05) is 21.0 Å². The first kappa shape index (κ1) is 16.5. The number of ketones is 1. The molecule has 3 nitrogen and oxygen atoms in total. The fourth-order valence-electron chi connectivity index (χ4n) is 2.04. The summed E-state index contributed by atoms with van der Waals surface area (Å²) in [6, 6.07) is 10.4. The zero-order valence-electron chi connectivity index (χ0n) is 12.6. The minimum absolute atomic E-state index is 0.192. The average Bonchev–Trinajstić information content (AvgIpc) is 2.45. The largest absolute Gasteiger partial charge is 0.369 e. The number of benzene rings is 2. The van der Waals surface area contributed by atoms with E-state index in [1.165, 1.54) is 0 Å². The molecule has 22 heavy (non-hydrogen) atoms. The van der Waals surface area contributed by atoms with Crippen molar-refractivity contribution in [2.24, 2.45) is 4.99 Å². The summed E-state index contributed by atoms with van der Waals surface area (Å²) in [7, 11) is 3.73. The predicted molar refractivity (Wildman–Crippen MR) is 92.9 cm³/mol. The molecule has 0 atom stereocenters. The first-order valence-corrected chi connectivity index (χ1v) is 7.45. The Morgan fingerprint density at radius 2 is 1.82 bits per heavy atom. The van der Waals surface area contributed by atoms with Gasteiger partial charge in [-0.3, -0.25) is 4.79 Å². The highest BCUT2D eigenvalue weighted by Crippen LogP contribution is 2.31. The smallest absolute Gasteiger partial charge is 0.196 e. The van der Waals surface area contributed by atoms with Crippen LogP contribution in [0.2, 0.25) is 10.0 Å². The van der Waals surface area contributed by atoms with Crippen LogP contribution in [0.15, 0.2) is 41.4 Å². The maximum absolute atomic E-state index is 12.8. The van der Waals surface area contributed by atoms with Crippen molar-refractivity contribution in [3.63, 3.8) is 0 Å². The molecule has 2 aromatic rings. The van der Waals surface area contributed by atoms with Crippen LogP contribution in [0.4, 0.5) is 5.69 Å². The van der Waals surface area contributed by atoms with E-state index in [0.717, 1.165) is 5.56 Å². The summed E-state index contributed by atoms with van der Waals surface area (Å²) in [4.78, 5) is 19.0. The van der Waals surface area contributed by atoms with E-state index in [4.69, 9.17) is 23.2 Å². The van der Waals surface area contributed by atoms with E-state index < -0.39 is 0 Å². The Kier molecular flexibility index (Phi) is 5.22. The molecule has 0 spiro atoms. The van der Waals surface area contributed by atoms with E-state index in [9.17, 15) is 4.79 Å². The second kappa shape index (κ2) is 6.95. The Hall–Kier alpha value is -1.84. The van der Waals surface area contributed by atoms with Gasteiger partial charge in [-0.05, 0) is 36.8 Å². The molecule has 2 rings (SSSR count). The fraction of sp³-hybridized carbons (Fsp3) is 0.176. The molecule has 0 amide bonds. The van der Waals surface area contributed by atoms with Crippen LogP contribution in [-0.2, 0) is 0 Å². The average molecular weight is 335 g/mol. The van der Waals surface area contributed by atoms with Crippen LogP contribution in [0.1, 0.15) is 21.5 Å². The molecular weight excluding hydrogens is 319 g/mol. The molecule has 5 heteroatoms. The van der Waals surface area contributed by atoms with E-state index in [-0.39, 0.29) is 5.78 Å². The van der Waals surface area contributed by atoms with E-state index in [2.05, 4.69) is 4.99 Å². The number of hydrogen-bond donors (Lipinski definition) is 0. The molecule has 0 heterocycles. The Morgan fingerprint density at radius 1 is 1.14 bits per heavy atom. The number of rotatable bonds is 4. The second-order valence-corrected chi connectivity index (χ2v) is 5.98. The quantitative estimate of drug-likeness (QED) is 0.459. The minimum atomic E-state index is -0.192. The summed E-state index contributed by atoms with van der Waals surface area (Å²) < 4.78 is 0. The van der Waals surface area contributed by atoms with Gasteiger partial charge in [-0.15, -0.1) is 0 Å². The van der Waals surface area contributed by atoms with Gasteiger partial charge in [-0.1, -0.05) is 35.3 Å². The van der Waals surface area contributed by atoms with Crippen molar-refractivity contribution in [2.75, 3.05) is 14.1 Å². The van der Waals surface area contributed by atoms with Crippen molar-refractivity contribution in [1.82, 2.24) is 4.90 Å². The summed E-state index contributed by atoms with van der Waals surface area (Å²) in [6.45, 7) is 1.87. The second-order valence-electron chi connectivity index (χ2n) is 5.14. The Labute approximate surface area is 140 Å². The standard InChI is InChI=1S/C17H16Cl2N2O/c1-11-8-12(18)9-14(16(11)20-10-21(2)3)17(22)13-6-4-5-7-15(13)19/h4-10H,1-3H3. The van der Waals surface area contributed by atoms with Gasteiger partial charge in [-0.25, -0.2) is 4.99 Å². The topological polar surface area (TPSA) is 32.7 Å². The first-order valence-electron chi connectivity index (χ1n) is 6.70. The third kappa shape index (κ3) is 3.67. The van der Waals surface area contributed by atoms with Crippen LogP contribution in [0.5, 0.6) is 0 Å². The molecular formula is C17H16Cl2N2O. The maximum Gasteiger partial charge on any atom is 0.196 e. The Morgan fingerprint density at radius 3 is 2.45 bits per heavy atom. The van der Waals surface area contributed by atoms with Crippen molar-refractivity contribution in [1.29, 1.82) is 0 Å². The van der Waals surface area contributed by atoms with Crippen molar-refractivity contribution in [3.8, 4) is 0 Å². The molecule has 0 fully saturated rings. The molecule has 2 aromatic carbocycles. The lowest BCUT2D eigenvalue weighted by Crippen LogP contribution is -2.08. The molecule has 0 aromatic heterocycles. The Balaban J connectivity index is 2.59. The summed E-state index contributed by atoms with van der Waals surface area (Å²) in [5, 5.41) is 0.907. The summed E-state index contributed by atoms with van der Waals surface area (Å²) in [6.07, 6.45) is 1.65. The molecule has 0 radical (unpaired) electrons. The third-order valence-electron chi connectivity index (χ3n) is 3.05. The van der Waals surface area contributed by atoms with Gasteiger partial charge >= 0.3 is 0 Å². The molecule has 0 aliphatic heterocycles. The molecule has 0 bridgehead atoms. The lowest BCUT2D eigenvalue weighted by atomic mass is 9.99. The molecule has 0 N–H and O–H groups in total. The fourth-order valence-corrected chi connectivity index (χ4v) is 2.54. The number of aliphatic imine (C=N–C) groups is 1. The van der Waals surface area contributed by atoms with Crippen molar-refractivity contribution >= 4 is 41.0 Å². The molecule has 0 aliphatic rings. The Bertz CT molecular complexity index is 739. The van der Waals surface area contributed by atoms with E-state index >= 15 is 0 Å². The highest BCUT2D eigenvalue weighted by Gasteiger charge is 2.18. The lowest BCUT2D eigenvalue weighted by Gasteiger charge is -2.11. The predicted octanol–water partition coefficient (Wildman–Crippen LogP) is 4.75. The van der Waals surface area contributed by atoms with Crippen LogP contribution < -0.4 is 0 Å². The number of hydrogen-bond acceptors (Lipinski definition) is 2. The van der Waals surface area contributed by atoms with E-state index in [1.54, 1.807) is 47.6 Å². The number of aryl methyl sites for hydroxylation is 1. The first-order chi connectivity index (χ1) is 10.4. The number of carbonyl (C=O) groups excluding carboxylic acids is 1. The molecule has 0 aliphatic carbocycles. The third-order valence-corrected chi connectivity index (χ3v) is 3.59. The normalized spacial score (nSPS) is 11.0.